The Kier molecular flexibility index (Phi) is 7.71. The van der Waals surface area contributed by atoms with Crippen LogP contribution in [-0.4, -0.2) is 33.5 Å². The van der Waals surface area contributed by atoms with E-state index in [1.165, 1.54) is 0 Å². The van der Waals surface area contributed by atoms with Crippen molar-refractivity contribution >= 4 is 33.6 Å². The van der Waals surface area contributed by atoms with Crippen LogP contribution in [0.5, 0.6) is 5.75 Å². The molecule has 0 atom stereocenters. The summed E-state index contributed by atoms with van der Waals surface area (Å²) in [4.78, 5) is 12.6. The van der Waals surface area contributed by atoms with Gasteiger partial charge in [-0.05, 0) is 48.9 Å². The number of thioether (sulfide) groups is 1. The predicted molar refractivity (Wildman–Crippen MR) is 119 cm³/mol. The molecule has 2 aromatic carbocycles. The second-order valence-corrected chi connectivity index (χ2v) is 8.31. The van der Waals surface area contributed by atoms with Gasteiger partial charge in [0.2, 0.25) is 0 Å². The second-order valence-electron chi connectivity index (χ2n) is 6.33. The van der Waals surface area contributed by atoms with Crippen molar-refractivity contribution in [2.45, 2.75) is 31.5 Å². The Morgan fingerprint density at radius 1 is 1.21 bits per heavy atom. The number of halogens is 1. The van der Waals surface area contributed by atoms with Crippen LogP contribution in [0.1, 0.15) is 35.9 Å². The van der Waals surface area contributed by atoms with Crippen molar-refractivity contribution < 1.29 is 9.53 Å². The minimum atomic E-state index is -0.186. The van der Waals surface area contributed by atoms with Crippen LogP contribution in [0.2, 0.25) is 0 Å². The molecule has 1 heterocycles. The SMILES string of the molecule is CCCCSc1nnc(CNC(=O)c2cccc(OC)c2)n1-c1ccc(Br)cc1. The first-order valence-corrected chi connectivity index (χ1v) is 11.2. The molecule has 3 aromatic rings. The summed E-state index contributed by atoms with van der Waals surface area (Å²) < 4.78 is 8.19. The van der Waals surface area contributed by atoms with Crippen LogP contribution in [0.3, 0.4) is 0 Å². The fourth-order valence-electron chi connectivity index (χ4n) is 2.69. The maximum atomic E-state index is 12.6. The normalized spacial score (nSPS) is 10.7. The van der Waals surface area contributed by atoms with E-state index < -0.39 is 0 Å². The molecular weight excluding hydrogens is 452 g/mol. The fraction of sp³-hybridized carbons (Fsp3) is 0.286. The minimum Gasteiger partial charge on any atom is -0.497 e. The highest BCUT2D eigenvalue weighted by atomic mass is 79.9. The first kappa shape index (κ1) is 21.4. The Bertz CT molecular complexity index is 960. The molecular formula is C21H23BrN4O2S. The Balaban J connectivity index is 1.80. The largest absolute Gasteiger partial charge is 0.497 e. The second kappa shape index (κ2) is 10.5. The van der Waals surface area contributed by atoms with Gasteiger partial charge in [0.15, 0.2) is 11.0 Å². The summed E-state index contributed by atoms with van der Waals surface area (Å²) in [5.41, 5.74) is 1.50. The maximum Gasteiger partial charge on any atom is 0.251 e. The zero-order valence-corrected chi connectivity index (χ0v) is 18.8. The maximum absolute atomic E-state index is 12.6. The average molecular weight is 475 g/mol. The van der Waals surface area contributed by atoms with Gasteiger partial charge in [-0.25, -0.2) is 0 Å². The van der Waals surface area contributed by atoms with E-state index in [0.29, 0.717) is 17.1 Å². The molecule has 0 radical (unpaired) electrons. The molecule has 0 saturated heterocycles. The predicted octanol–water partition coefficient (Wildman–Crippen LogP) is 4.86. The van der Waals surface area contributed by atoms with Crippen LogP contribution in [0.4, 0.5) is 0 Å². The molecule has 0 aliphatic heterocycles. The third-order valence-electron chi connectivity index (χ3n) is 4.25. The zero-order chi connectivity index (χ0) is 20.6. The molecule has 29 heavy (non-hydrogen) atoms. The van der Waals surface area contributed by atoms with Gasteiger partial charge in [0, 0.05) is 21.5 Å². The average Bonchev–Trinajstić information content (AvgIpc) is 3.15. The Labute approximate surface area is 183 Å². The number of benzene rings is 2. The van der Waals surface area contributed by atoms with Gasteiger partial charge in [-0.1, -0.05) is 47.1 Å². The highest BCUT2D eigenvalue weighted by Crippen LogP contribution is 2.24. The van der Waals surface area contributed by atoms with Crippen LogP contribution in [-0.2, 0) is 6.54 Å². The zero-order valence-electron chi connectivity index (χ0n) is 16.4. The van der Waals surface area contributed by atoms with E-state index in [0.717, 1.165) is 33.9 Å². The van der Waals surface area contributed by atoms with Crippen molar-refractivity contribution in [1.29, 1.82) is 0 Å². The molecule has 0 spiro atoms. The lowest BCUT2D eigenvalue weighted by Gasteiger charge is -2.11. The van der Waals surface area contributed by atoms with Crippen molar-refractivity contribution in [1.82, 2.24) is 20.1 Å². The molecule has 6 nitrogen and oxygen atoms in total. The Morgan fingerprint density at radius 2 is 2.00 bits per heavy atom. The van der Waals surface area contributed by atoms with Gasteiger partial charge < -0.3 is 10.1 Å². The van der Waals surface area contributed by atoms with Crippen LogP contribution in [0.25, 0.3) is 5.69 Å². The first-order chi connectivity index (χ1) is 14.1. The summed E-state index contributed by atoms with van der Waals surface area (Å²) in [6, 6.07) is 15.0. The summed E-state index contributed by atoms with van der Waals surface area (Å²) in [6.45, 7) is 2.44. The van der Waals surface area contributed by atoms with Crippen molar-refractivity contribution in [3.63, 3.8) is 0 Å². The summed E-state index contributed by atoms with van der Waals surface area (Å²) in [5, 5.41) is 12.4. The lowest BCUT2D eigenvalue weighted by Crippen LogP contribution is -2.24. The fourth-order valence-corrected chi connectivity index (χ4v) is 4.01. The molecule has 0 unspecified atom stereocenters. The van der Waals surface area contributed by atoms with Gasteiger partial charge in [0.25, 0.3) is 5.91 Å². The third-order valence-corrected chi connectivity index (χ3v) is 5.80. The van der Waals surface area contributed by atoms with E-state index in [4.69, 9.17) is 4.74 Å². The van der Waals surface area contributed by atoms with Gasteiger partial charge in [0.1, 0.15) is 5.75 Å². The lowest BCUT2D eigenvalue weighted by atomic mass is 10.2. The molecule has 0 saturated carbocycles. The molecule has 1 aromatic heterocycles. The summed E-state index contributed by atoms with van der Waals surface area (Å²) >= 11 is 5.15. The van der Waals surface area contributed by atoms with Crippen molar-refractivity contribution in [3.8, 4) is 11.4 Å². The van der Waals surface area contributed by atoms with Gasteiger partial charge >= 0.3 is 0 Å². The lowest BCUT2D eigenvalue weighted by molar-refractivity contribution is 0.0949. The summed E-state index contributed by atoms with van der Waals surface area (Å²) in [6.07, 6.45) is 2.24. The minimum absolute atomic E-state index is 0.186. The van der Waals surface area contributed by atoms with Gasteiger partial charge in [-0.2, -0.15) is 0 Å². The number of ether oxygens (including phenoxy) is 1. The van der Waals surface area contributed by atoms with Crippen molar-refractivity contribution in [2.75, 3.05) is 12.9 Å². The molecule has 152 valence electrons. The number of nitrogens with one attached hydrogen (secondary N) is 1. The summed E-state index contributed by atoms with van der Waals surface area (Å²) in [7, 11) is 1.58. The van der Waals surface area contributed by atoms with Gasteiger partial charge in [-0.15, -0.1) is 10.2 Å². The number of carbonyl (C=O) groups is 1. The molecule has 0 fully saturated rings. The standard InChI is InChI=1S/C21H23BrN4O2S/c1-3-4-12-29-21-25-24-19(26(21)17-10-8-16(22)9-11-17)14-23-20(27)15-6-5-7-18(13-15)28-2/h5-11,13H,3-4,12,14H2,1-2H3,(H,23,27). The number of amides is 1. The van der Waals surface area contributed by atoms with Crippen LogP contribution in [0, 0.1) is 0 Å². The van der Waals surface area contributed by atoms with E-state index in [9.17, 15) is 4.79 Å². The number of unbranched alkanes of at least 4 members (excludes halogenated alkanes) is 1. The smallest absolute Gasteiger partial charge is 0.251 e. The van der Waals surface area contributed by atoms with Crippen LogP contribution < -0.4 is 10.1 Å². The monoisotopic (exact) mass is 474 g/mol. The van der Waals surface area contributed by atoms with E-state index >= 15 is 0 Å². The molecule has 0 aliphatic carbocycles. The Morgan fingerprint density at radius 3 is 2.72 bits per heavy atom. The summed E-state index contributed by atoms with van der Waals surface area (Å²) in [5.74, 6) is 2.11. The highest BCUT2D eigenvalue weighted by molar-refractivity contribution is 9.10. The van der Waals surface area contributed by atoms with E-state index in [1.54, 1.807) is 43.1 Å². The van der Waals surface area contributed by atoms with E-state index in [2.05, 4.69) is 38.4 Å². The first-order valence-electron chi connectivity index (χ1n) is 9.37. The molecule has 3 rings (SSSR count). The number of carbonyl (C=O) groups excluding carboxylic acids is 1. The van der Waals surface area contributed by atoms with E-state index in [1.807, 2.05) is 28.8 Å². The van der Waals surface area contributed by atoms with Gasteiger partial charge in [-0.3, -0.25) is 9.36 Å². The third kappa shape index (κ3) is 5.61. The highest BCUT2D eigenvalue weighted by Gasteiger charge is 2.16. The number of hydrogen-bond acceptors (Lipinski definition) is 5. The van der Waals surface area contributed by atoms with Crippen molar-refractivity contribution in [3.05, 3.63) is 64.4 Å². The number of rotatable bonds is 9. The van der Waals surface area contributed by atoms with Crippen LogP contribution in [0.15, 0.2) is 58.2 Å². The van der Waals surface area contributed by atoms with E-state index in [-0.39, 0.29) is 12.5 Å². The number of hydrogen-bond donors (Lipinski definition) is 1. The van der Waals surface area contributed by atoms with Gasteiger partial charge in [0.05, 0.1) is 13.7 Å². The van der Waals surface area contributed by atoms with Crippen LogP contribution >= 0.6 is 27.7 Å². The number of aromatic nitrogens is 3. The quantitative estimate of drug-likeness (QED) is 0.354. The number of nitrogens with zero attached hydrogens (tertiary/aromatic N) is 3. The molecule has 1 amide bonds. The van der Waals surface area contributed by atoms with Crippen molar-refractivity contribution in [2.24, 2.45) is 0 Å². The Hall–Kier alpha value is -2.32. The molecule has 0 bridgehead atoms. The number of methoxy groups -OCH3 is 1. The molecule has 8 heteroatoms. The molecule has 1 N–H and O–H groups in total. The topological polar surface area (TPSA) is 69.0 Å². The molecule has 0 aliphatic rings.